The highest BCUT2D eigenvalue weighted by Crippen LogP contribution is 2.37. The number of rotatable bonds is 9. The third-order valence-corrected chi connectivity index (χ3v) is 5.51. The molecule has 0 bridgehead atoms. The number of amidine groups is 1. The summed E-state index contributed by atoms with van der Waals surface area (Å²) >= 11 is 9.54. The first-order valence-corrected chi connectivity index (χ1v) is 11.1. The molecule has 1 aromatic carbocycles. The van der Waals surface area contributed by atoms with Gasteiger partial charge < -0.3 is 19.5 Å². The largest absolute Gasteiger partial charge is 0.463 e. The standard InChI is InChI=1S/C22H21BrClF2N3O4/c1-3-33-22(30)18-17(11-32-7-6-31-2)28-21(20-16(26)9-13(25)10-27-20)29-19(18)14-5-4-12(24)8-15(14)23/h4-5,8-10,19H,3,6-7,11H2,1-2H3,(H,28,29). The highest BCUT2D eigenvalue weighted by molar-refractivity contribution is 9.10. The normalized spacial score (nSPS) is 15.8. The molecule has 0 spiro atoms. The number of pyridine rings is 1. The molecular weight excluding hydrogens is 524 g/mol. The highest BCUT2D eigenvalue weighted by atomic mass is 79.9. The number of halogens is 4. The van der Waals surface area contributed by atoms with Crippen molar-refractivity contribution in [2.45, 2.75) is 13.0 Å². The van der Waals surface area contributed by atoms with E-state index < -0.39 is 23.6 Å². The van der Waals surface area contributed by atoms with E-state index in [0.29, 0.717) is 33.4 Å². The Balaban J connectivity index is 2.14. The zero-order valence-electron chi connectivity index (χ0n) is 17.8. The molecule has 1 aromatic heterocycles. The lowest BCUT2D eigenvalue weighted by Crippen LogP contribution is -2.37. The molecule has 1 atom stereocenters. The van der Waals surface area contributed by atoms with E-state index in [9.17, 15) is 13.6 Å². The number of hydrogen-bond donors (Lipinski definition) is 1. The third kappa shape index (κ3) is 6.14. The first-order valence-electron chi connectivity index (χ1n) is 9.93. The molecule has 1 unspecified atom stereocenters. The highest BCUT2D eigenvalue weighted by Gasteiger charge is 2.34. The van der Waals surface area contributed by atoms with Crippen LogP contribution in [-0.2, 0) is 19.0 Å². The summed E-state index contributed by atoms with van der Waals surface area (Å²) in [7, 11) is 1.54. The Bertz CT molecular complexity index is 1100. The smallest absolute Gasteiger partial charge is 0.338 e. The van der Waals surface area contributed by atoms with E-state index in [0.717, 1.165) is 6.20 Å². The van der Waals surface area contributed by atoms with Crippen molar-refractivity contribution in [1.29, 1.82) is 0 Å². The number of nitrogens with one attached hydrogen (secondary N) is 1. The number of aliphatic imine (C=N–C) groups is 1. The number of carbonyl (C=O) groups excluding carboxylic acids is 1. The zero-order valence-corrected chi connectivity index (χ0v) is 20.2. The van der Waals surface area contributed by atoms with Gasteiger partial charge in [-0.2, -0.15) is 0 Å². The lowest BCUT2D eigenvalue weighted by atomic mass is 9.95. The van der Waals surface area contributed by atoms with Gasteiger partial charge in [0, 0.05) is 22.7 Å². The molecule has 0 amide bonds. The van der Waals surface area contributed by atoms with Crippen LogP contribution >= 0.6 is 27.5 Å². The maximum absolute atomic E-state index is 14.5. The lowest BCUT2D eigenvalue weighted by Gasteiger charge is -2.28. The predicted molar refractivity (Wildman–Crippen MR) is 122 cm³/mol. The van der Waals surface area contributed by atoms with Crippen molar-refractivity contribution >= 4 is 39.3 Å². The van der Waals surface area contributed by atoms with E-state index in [1.165, 1.54) is 7.11 Å². The molecule has 1 aliphatic heterocycles. The maximum Gasteiger partial charge on any atom is 0.338 e. The molecule has 1 aliphatic rings. The van der Waals surface area contributed by atoms with E-state index in [4.69, 9.17) is 25.8 Å². The van der Waals surface area contributed by atoms with Gasteiger partial charge in [0.2, 0.25) is 0 Å². The van der Waals surface area contributed by atoms with Crippen LogP contribution in [0.15, 0.2) is 51.2 Å². The first-order chi connectivity index (χ1) is 15.8. The Morgan fingerprint density at radius 2 is 2.06 bits per heavy atom. The van der Waals surface area contributed by atoms with Crippen LogP contribution in [0, 0.1) is 11.6 Å². The van der Waals surface area contributed by atoms with Crippen molar-refractivity contribution in [1.82, 2.24) is 10.3 Å². The van der Waals surface area contributed by atoms with Crippen LogP contribution in [-0.4, -0.2) is 50.3 Å². The van der Waals surface area contributed by atoms with Gasteiger partial charge in [-0.1, -0.05) is 33.6 Å². The molecule has 11 heteroatoms. The van der Waals surface area contributed by atoms with E-state index in [1.54, 1.807) is 25.1 Å². The molecule has 1 N–H and O–H groups in total. The topological polar surface area (TPSA) is 82.0 Å². The van der Waals surface area contributed by atoms with Crippen LogP contribution in [0.5, 0.6) is 0 Å². The van der Waals surface area contributed by atoms with E-state index in [2.05, 4.69) is 31.2 Å². The molecule has 0 saturated heterocycles. The Labute approximate surface area is 202 Å². The average Bonchev–Trinajstić information content (AvgIpc) is 2.76. The molecule has 7 nitrogen and oxygen atoms in total. The number of ether oxygens (including phenoxy) is 3. The summed E-state index contributed by atoms with van der Waals surface area (Å²) in [5, 5.41) is 3.40. The molecule has 0 fully saturated rings. The molecule has 176 valence electrons. The summed E-state index contributed by atoms with van der Waals surface area (Å²) in [4.78, 5) is 21.4. The molecule has 3 rings (SSSR count). The molecule has 0 aliphatic carbocycles. The van der Waals surface area contributed by atoms with Crippen LogP contribution in [0.2, 0.25) is 5.02 Å². The molecule has 2 aromatic rings. The summed E-state index contributed by atoms with van der Waals surface area (Å²) in [5.74, 6) is -2.33. The van der Waals surface area contributed by atoms with Gasteiger partial charge in [0.05, 0.1) is 43.9 Å². The average molecular weight is 545 g/mol. The van der Waals surface area contributed by atoms with Crippen molar-refractivity contribution in [2.75, 3.05) is 33.5 Å². The second-order valence-electron chi connectivity index (χ2n) is 6.81. The summed E-state index contributed by atoms with van der Waals surface area (Å²) in [6.45, 7) is 2.37. The number of hydrogen-bond acceptors (Lipinski definition) is 7. The first kappa shape index (κ1) is 25.2. The minimum Gasteiger partial charge on any atom is -0.463 e. The van der Waals surface area contributed by atoms with E-state index >= 15 is 0 Å². The number of benzene rings is 1. The number of carbonyl (C=O) groups is 1. The van der Waals surface area contributed by atoms with Gasteiger partial charge >= 0.3 is 5.97 Å². The van der Waals surface area contributed by atoms with Crippen molar-refractivity contribution in [3.63, 3.8) is 0 Å². The molecule has 0 saturated carbocycles. The van der Waals surface area contributed by atoms with Gasteiger partial charge in [-0.25, -0.2) is 18.6 Å². The number of methoxy groups -OCH3 is 1. The number of aromatic nitrogens is 1. The van der Waals surface area contributed by atoms with Gasteiger partial charge in [-0.05, 0) is 24.6 Å². The van der Waals surface area contributed by atoms with Gasteiger partial charge in [0.25, 0.3) is 0 Å². The zero-order chi connectivity index (χ0) is 24.0. The van der Waals surface area contributed by atoms with E-state index in [-0.39, 0.29) is 36.9 Å². The van der Waals surface area contributed by atoms with Gasteiger partial charge in [0.1, 0.15) is 17.6 Å². The Kier molecular flexibility index (Phi) is 8.90. The summed E-state index contributed by atoms with van der Waals surface area (Å²) in [5.41, 5.74) is 0.873. The fraction of sp³-hybridized carbons (Fsp3) is 0.318. The fourth-order valence-corrected chi connectivity index (χ4v) is 4.03. The summed E-state index contributed by atoms with van der Waals surface area (Å²) in [6.07, 6.45) is 0.884. The van der Waals surface area contributed by atoms with Crippen LogP contribution in [0.1, 0.15) is 24.2 Å². The number of esters is 1. The summed E-state index contributed by atoms with van der Waals surface area (Å²) < 4.78 is 44.4. The molecule has 33 heavy (non-hydrogen) atoms. The Hall–Kier alpha value is -2.40. The second-order valence-corrected chi connectivity index (χ2v) is 8.10. The SMILES string of the molecule is CCOC(=O)C1=C(COCCOC)NC(c2ncc(F)cc2F)=NC1c1ccc(Cl)cc1Br. The van der Waals surface area contributed by atoms with Gasteiger partial charge in [-0.3, -0.25) is 4.99 Å². The van der Waals surface area contributed by atoms with Crippen LogP contribution in [0.3, 0.4) is 0 Å². The minimum absolute atomic E-state index is 0.0118. The van der Waals surface area contributed by atoms with Crippen LogP contribution in [0.4, 0.5) is 8.78 Å². The molecule has 0 radical (unpaired) electrons. The monoisotopic (exact) mass is 543 g/mol. The van der Waals surface area contributed by atoms with Crippen molar-refractivity contribution in [2.24, 2.45) is 4.99 Å². The van der Waals surface area contributed by atoms with Crippen LogP contribution < -0.4 is 5.32 Å². The maximum atomic E-state index is 14.5. The lowest BCUT2D eigenvalue weighted by molar-refractivity contribution is -0.139. The van der Waals surface area contributed by atoms with Gasteiger partial charge in [-0.15, -0.1) is 0 Å². The van der Waals surface area contributed by atoms with Crippen molar-refractivity contribution < 1.29 is 27.8 Å². The predicted octanol–water partition coefficient (Wildman–Crippen LogP) is 4.35. The second kappa shape index (κ2) is 11.6. The quantitative estimate of drug-likeness (QED) is 0.374. The third-order valence-electron chi connectivity index (χ3n) is 4.59. The minimum atomic E-state index is -0.908. The summed E-state index contributed by atoms with van der Waals surface area (Å²) in [6, 6.07) is 4.80. The van der Waals surface area contributed by atoms with Crippen LogP contribution in [0.25, 0.3) is 0 Å². The number of nitrogens with zero attached hydrogens (tertiary/aromatic N) is 2. The van der Waals surface area contributed by atoms with E-state index in [1.807, 2.05) is 0 Å². The van der Waals surface area contributed by atoms with Crippen molar-refractivity contribution in [3.05, 3.63) is 74.1 Å². The Morgan fingerprint density at radius 1 is 1.27 bits per heavy atom. The molecular formula is C22H21BrClF2N3O4. The molecule has 2 heterocycles. The van der Waals surface area contributed by atoms with Crippen molar-refractivity contribution in [3.8, 4) is 0 Å². The Morgan fingerprint density at radius 3 is 2.73 bits per heavy atom. The van der Waals surface area contributed by atoms with Gasteiger partial charge in [0.15, 0.2) is 11.7 Å². The fourth-order valence-electron chi connectivity index (χ4n) is 3.13.